The van der Waals surface area contributed by atoms with E-state index in [4.69, 9.17) is 11.6 Å². The summed E-state index contributed by atoms with van der Waals surface area (Å²) < 4.78 is 26.6. The van der Waals surface area contributed by atoms with Crippen molar-refractivity contribution in [3.05, 3.63) is 23.2 Å². The topological polar surface area (TPSA) is 66.4 Å². The Labute approximate surface area is 118 Å². The molecule has 0 atom stereocenters. The van der Waals surface area contributed by atoms with Gasteiger partial charge in [0.15, 0.2) is 0 Å². The van der Waals surface area contributed by atoms with Crippen LogP contribution in [0.4, 0.5) is 5.69 Å². The minimum Gasteiger partial charge on any atom is -0.506 e. The van der Waals surface area contributed by atoms with Crippen LogP contribution in [0.15, 0.2) is 18.2 Å². The first-order valence-corrected chi connectivity index (χ1v) is 8.48. The van der Waals surface area contributed by atoms with Crippen molar-refractivity contribution in [3.8, 4) is 5.75 Å². The van der Waals surface area contributed by atoms with Crippen LogP contribution in [0.5, 0.6) is 5.75 Å². The van der Waals surface area contributed by atoms with Gasteiger partial charge in [0.05, 0.1) is 16.5 Å². The molecular formula is C13H18ClNO3S. The molecule has 1 aromatic rings. The summed E-state index contributed by atoms with van der Waals surface area (Å²) in [5.74, 6) is 0.266. The maximum Gasteiger partial charge on any atom is 0.232 e. The smallest absolute Gasteiger partial charge is 0.232 e. The molecule has 1 aromatic carbocycles. The number of nitrogens with one attached hydrogen (secondary N) is 1. The number of benzene rings is 1. The number of hydrogen-bond donors (Lipinski definition) is 2. The summed E-state index contributed by atoms with van der Waals surface area (Å²) in [4.78, 5) is 0. The lowest BCUT2D eigenvalue weighted by Crippen LogP contribution is -2.24. The Balaban J connectivity index is 2.01. The van der Waals surface area contributed by atoms with Gasteiger partial charge in [0.25, 0.3) is 0 Å². The first-order valence-electron chi connectivity index (χ1n) is 6.45. The third-order valence-corrected chi connectivity index (χ3v) is 5.18. The lowest BCUT2D eigenvalue weighted by atomic mass is 9.91. The third-order valence-electron chi connectivity index (χ3n) is 3.40. The molecule has 106 valence electrons. The zero-order valence-corrected chi connectivity index (χ0v) is 12.2. The molecule has 1 aliphatic carbocycles. The van der Waals surface area contributed by atoms with Crippen LogP contribution < -0.4 is 4.72 Å². The molecule has 2 N–H and O–H groups in total. The molecule has 0 aliphatic heterocycles. The average molecular weight is 304 g/mol. The predicted molar refractivity (Wildman–Crippen MR) is 77.1 cm³/mol. The summed E-state index contributed by atoms with van der Waals surface area (Å²) >= 11 is 5.68. The number of sulfonamides is 1. The van der Waals surface area contributed by atoms with Crippen LogP contribution >= 0.6 is 11.6 Å². The number of rotatable bonds is 4. The van der Waals surface area contributed by atoms with Crippen LogP contribution in [0.2, 0.25) is 5.02 Å². The van der Waals surface area contributed by atoms with Gasteiger partial charge in [-0.2, -0.15) is 0 Å². The Bertz CT molecular complexity index is 539. The molecule has 0 aromatic heterocycles. The number of aromatic hydroxyl groups is 1. The molecule has 1 fully saturated rings. The van der Waals surface area contributed by atoms with E-state index in [1.807, 2.05) is 0 Å². The Morgan fingerprint density at radius 3 is 2.58 bits per heavy atom. The highest BCUT2D eigenvalue weighted by atomic mass is 35.5. The van der Waals surface area contributed by atoms with Crippen molar-refractivity contribution >= 4 is 27.3 Å². The Hall–Kier alpha value is -0.940. The summed E-state index contributed by atoms with van der Waals surface area (Å²) in [7, 11) is -3.37. The molecule has 2 rings (SSSR count). The standard InChI is InChI=1S/C13H18ClNO3S/c14-12-7-6-11(8-13(12)16)15-19(17,18)9-10-4-2-1-3-5-10/h6-8,10,15-16H,1-5,9H2. The molecule has 0 unspecified atom stereocenters. The van der Waals surface area contributed by atoms with Gasteiger partial charge in [-0.15, -0.1) is 0 Å². The van der Waals surface area contributed by atoms with Gasteiger partial charge in [-0.05, 0) is 30.9 Å². The van der Waals surface area contributed by atoms with Crippen molar-refractivity contribution in [1.82, 2.24) is 0 Å². The zero-order chi connectivity index (χ0) is 13.9. The van der Waals surface area contributed by atoms with Gasteiger partial charge in [-0.3, -0.25) is 4.72 Å². The van der Waals surface area contributed by atoms with E-state index in [-0.39, 0.29) is 22.4 Å². The van der Waals surface area contributed by atoms with Gasteiger partial charge in [0.2, 0.25) is 10.0 Å². The molecule has 0 amide bonds. The maximum atomic E-state index is 12.0. The van der Waals surface area contributed by atoms with E-state index in [2.05, 4.69) is 4.72 Å². The van der Waals surface area contributed by atoms with Crippen molar-refractivity contribution in [2.45, 2.75) is 32.1 Å². The summed E-state index contributed by atoms with van der Waals surface area (Å²) in [6, 6.07) is 4.33. The van der Waals surface area contributed by atoms with Gasteiger partial charge >= 0.3 is 0 Å². The second-order valence-corrected chi connectivity index (χ2v) is 7.23. The lowest BCUT2D eigenvalue weighted by Gasteiger charge is -2.21. The summed E-state index contributed by atoms with van der Waals surface area (Å²) in [5, 5.41) is 9.66. The van der Waals surface area contributed by atoms with Crippen molar-refractivity contribution in [2.24, 2.45) is 5.92 Å². The predicted octanol–water partition coefficient (Wildman–Crippen LogP) is 3.37. The molecule has 4 nitrogen and oxygen atoms in total. The molecule has 0 heterocycles. The van der Waals surface area contributed by atoms with Gasteiger partial charge in [-0.25, -0.2) is 8.42 Å². The third kappa shape index (κ3) is 4.28. The van der Waals surface area contributed by atoms with Gasteiger partial charge in [0, 0.05) is 6.07 Å². The molecule has 1 aliphatic rings. The molecule has 6 heteroatoms. The van der Waals surface area contributed by atoms with E-state index >= 15 is 0 Å². The van der Waals surface area contributed by atoms with Crippen molar-refractivity contribution < 1.29 is 13.5 Å². The van der Waals surface area contributed by atoms with Crippen LogP contribution in [0.25, 0.3) is 0 Å². The lowest BCUT2D eigenvalue weighted by molar-refractivity contribution is 0.385. The highest BCUT2D eigenvalue weighted by molar-refractivity contribution is 7.92. The Kier molecular flexibility index (Phi) is 4.58. The Morgan fingerprint density at radius 2 is 1.95 bits per heavy atom. The van der Waals surface area contributed by atoms with E-state index in [0.29, 0.717) is 5.69 Å². The minimum atomic E-state index is -3.37. The number of phenols is 1. The zero-order valence-electron chi connectivity index (χ0n) is 10.6. The maximum absolute atomic E-state index is 12.0. The molecule has 0 saturated heterocycles. The Morgan fingerprint density at radius 1 is 1.26 bits per heavy atom. The molecule has 19 heavy (non-hydrogen) atoms. The van der Waals surface area contributed by atoms with Crippen molar-refractivity contribution in [2.75, 3.05) is 10.5 Å². The molecule has 1 saturated carbocycles. The summed E-state index contributed by atoms with van der Waals surface area (Å²) in [6.45, 7) is 0. The molecule has 0 radical (unpaired) electrons. The quantitative estimate of drug-likeness (QED) is 0.896. The fourth-order valence-electron chi connectivity index (χ4n) is 2.46. The van der Waals surface area contributed by atoms with Crippen LogP contribution in [-0.4, -0.2) is 19.3 Å². The fourth-order valence-corrected chi connectivity index (χ4v) is 4.10. The van der Waals surface area contributed by atoms with Gasteiger partial charge < -0.3 is 5.11 Å². The van der Waals surface area contributed by atoms with Crippen LogP contribution in [-0.2, 0) is 10.0 Å². The number of phenolic OH excluding ortho intramolecular Hbond substituents is 1. The summed E-state index contributed by atoms with van der Waals surface area (Å²) in [6.07, 6.45) is 5.39. The van der Waals surface area contributed by atoms with Gasteiger partial charge in [0.1, 0.15) is 5.75 Å². The molecular weight excluding hydrogens is 286 g/mol. The first kappa shape index (κ1) is 14.5. The molecule has 0 spiro atoms. The fraction of sp³-hybridized carbons (Fsp3) is 0.538. The molecule has 0 bridgehead atoms. The highest BCUT2D eigenvalue weighted by Gasteiger charge is 2.21. The number of anilines is 1. The summed E-state index contributed by atoms with van der Waals surface area (Å²) in [5.41, 5.74) is 0.345. The van der Waals surface area contributed by atoms with Gasteiger partial charge in [-0.1, -0.05) is 30.9 Å². The number of halogens is 1. The van der Waals surface area contributed by atoms with E-state index in [1.54, 1.807) is 6.07 Å². The largest absolute Gasteiger partial charge is 0.506 e. The van der Waals surface area contributed by atoms with Crippen LogP contribution in [0.1, 0.15) is 32.1 Å². The monoisotopic (exact) mass is 303 g/mol. The average Bonchev–Trinajstić information content (AvgIpc) is 2.34. The van der Waals surface area contributed by atoms with Crippen molar-refractivity contribution in [1.29, 1.82) is 0 Å². The van der Waals surface area contributed by atoms with E-state index in [1.165, 1.54) is 18.6 Å². The second-order valence-electron chi connectivity index (χ2n) is 5.05. The SMILES string of the molecule is O=S(=O)(CC1CCCCC1)Nc1ccc(Cl)c(O)c1. The minimum absolute atomic E-state index is 0.125. The van der Waals surface area contributed by atoms with E-state index in [0.717, 1.165) is 25.7 Å². The highest BCUT2D eigenvalue weighted by Crippen LogP contribution is 2.28. The van der Waals surface area contributed by atoms with E-state index < -0.39 is 10.0 Å². The van der Waals surface area contributed by atoms with Crippen LogP contribution in [0.3, 0.4) is 0 Å². The second kappa shape index (κ2) is 6.01. The normalized spacial score (nSPS) is 17.3. The van der Waals surface area contributed by atoms with E-state index in [9.17, 15) is 13.5 Å². The first-order chi connectivity index (χ1) is 8.96. The number of hydrogen-bond acceptors (Lipinski definition) is 3. The van der Waals surface area contributed by atoms with Crippen molar-refractivity contribution in [3.63, 3.8) is 0 Å². The van der Waals surface area contributed by atoms with Crippen LogP contribution in [0, 0.1) is 5.92 Å².